The van der Waals surface area contributed by atoms with Crippen LogP contribution in [0.2, 0.25) is 0 Å². The molecule has 0 bridgehead atoms. The first-order valence-electron chi connectivity index (χ1n) is 8.58. The number of nitrogens with one attached hydrogen (secondary N) is 2. The van der Waals surface area contributed by atoms with Crippen LogP contribution in [-0.4, -0.2) is 33.3 Å². The largest absolute Gasteiger partial charge is 0.497 e. The molecule has 3 heteroatoms. The molecule has 1 aliphatic rings. The van der Waals surface area contributed by atoms with Crippen LogP contribution >= 0.6 is 0 Å². The quantitative estimate of drug-likeness (QED) is 0.822. The minimum atomic E-state index is 0.963. The Balaban J connectivity index is 1.49. The van der Waals surface area contributed by atoms with Gasteiger partial charge in [-0.25, -0.2) is 0 Å². The second-order valence-electron chi connectivity index (χ2n) is 6.69. The number of quaternary nitrogens is 2. The SMILES string of the molecule is COc1cccc(C[NH+]2CC[NH+](Cc3ccc(C)cc3)CC2)c1. The standard InChI is InChI=1S/C20H26N2O/c1-17-6-8-18(9-7-17)15-21-10-12-22(13-11-21)16-19-4-3-5-20(14-19)23-2/h3-9,14H,10-13,15-16H2,1-2H3/p+2. The maximum Gasteiger partial charge on any atom is 0.127 e. The van der Waals surface area contributed by atoms with Crippen LogP contribution in [0.1, 0.15) is 16.7 Å². The van der Waals surface area contributed by atoms with Gasteiger partial charge in [-0.1, -0.05) is 42.0 Å². The van der Waals surface area contributed by atoms with E-state index in [1.807, 2.05) is 6.07 Å². The van der Waals surface area contributed by atoms with E-state index >= 15 is 0 Å². The van der Waals surface area contributed by atoms with Crippen LogP contribution in [0, 0.1) is 6.92 Å². The lowest BCUT2D eigenvalue weighted by Gasteiger charge is -2.29. The molecule has 2 aromatic rings. The zero-order valence-corrected chi connectivity index (χ0v) is 14.3. The molecule has 1 saturated heterocycles. The molecule has 0 unspecified atom stereocenters. The third kappa shape index (κ3) is 4.57. The first-order chi connectivity index (χ1) is 11.2. The van der Waals surface area contributed by atoms with E-state index < -0.39 is 0 Å². The lowest BCUT2D eigenvalue weighted by atomic mass is 10.1. The Bertz CT molecular complexity index is 616. The Morgan fingerprint density at radius 1 is 0.826 bits per heavy atom. The Hall–Kier alpha value is -1.84. The van der Waals surface area contributed by atoms with Crippen LogP contribution in [0.4, 0.5) is 0 Å². The Morgan fingerprint density at radius 2 is 1.43 bits per heavy atom. The molecule has 2 aromatic carbocycles. The van der Waals surface area contributed by atoms with Gasteiger partial charge in [-0.3, -0.25) is 0 Å². The fraction of sp³-hybridized carbons (Fsp3) is 0.400. The van der Waals surface area contributed by atoms with Gasteiger partial charge in [0.2, 0.25) is 0 Å². The summed E-state index contributed by atoms with van der Waals surface area (Å²) in [5, 5.41) is 0. The number of aryl methyl sites for hydroxylation is 1. The third-order valence-corrected chi connectivity index (χ3v) is 4.83. The van der Waals surface area contributed by atoms with Crippen molar-refractivity contribution in [3.63, 3.8) is 0 Å². The zero-order chi connectivity index (χ0) is 16.1. The molecular formula is C20H28N2O+2. The predicted molar refractivity (Wildman–Crippen MR) is 93.0 cm³/mol. The van der Waals surface area contributed by atoms with Gasteiger partial charge in [0.15, 0.2) is 0 Å². The van der Waals surface area contributed by atoms with E-state index in [1.165, 1.54) is 42.9 Å². The normalized spacial score (nSPS) is 21.1. The maximum absolute atomic E-state index is 5.32. The van der Waals surface area contributed by atoms with Crippen LogP contribution in [0.3, 0.4) is 0 Å². The van der Waals surface area contributed by atoms with Gasteiger partial charge in [0.25, 0.3) is 0 Å². The van der Waals surface area contributed by atoms with E-state index in [-0.39, 0.29) is 0 Å². The summed E-state index contributed by atoms with van der Waals surface area (Å²) in [7, 11) is 1.74. The molecule has 3 nitrogen and oxygen atoms in total. The van der Waals surface area contributed by atoms with Gasteiger partial charge in [0.1, 0.15) is 45.0 Å². The van der Waals surface area contributed by atoms with E-state index in [1.54, 1.807) is 16.9 Å². The number of methoxy groups -OCH3 is 1. The first kappa shape index (κ1) is 16.0. The van der Waals surface area contributed by atoms with Crippen molar-refractivity contribution < 1.29 is 14.5 Å². The summed E-state index contributed by atoms with van der Waals surface area (Å²) in [5.74, 6) is 0.963. The highest BCUT2D eigenvalue weighted by atomic mass is 16.5. The molecule has 0 amide bonds. The number of hydrogen-bond donors (Lipinski definition) is 2. The summed E-state index contributed by atoms with van der Waals surface area (Å²) in [6.07, 6.45) is 0. The molecule has 0 spiro atoms. The van der Waals surface area contributed by atoms with Crippen molar-refractivity contribution in [2.75, 3.05) is 33.3 Å². The van der Waals surface area contributed by atoms with Crippen molar-refractivity contribution in [2.45, 2.75) is 20.0 Å². The lowest BCUT2D eigenvalue weighted by molar-refractivity contribution is -1.02. The molecule has 3 rings (SSSR count). The summed E-state index contributed by atoms with van der Waals surface area (Å²) < 4.78 is 5.32. The van der Waals surface area contributed by atoms with Crippen molar-refractivity contribution >= 4 is 0 Å². The van der Waals surface area contributed by atoms with Crippen molar-refractivity contribution in [3.05, 3.63) is 65.2 Å². The number of benzene rings is 2. The molecule has 23 heavy (non-hydrogen) atoms. The summed E-state index contributed by atoms with van der Waals surface area (Å²) in [6, 6.07) is 17.5. The number of ether oxygens (including phenoxy) is 1. The van der Waals surface area contributed by atoms with Crippen molar-refractivity contribution in [1.82, 2.24) is 0 Å². The van der Waals surface area contributed by atoms with E-state index in [0.29, 0.717) is 0 Å². The second-order valence-corrected chi connectivity index (χ2v) is 6.69. The Labute approximate surface area is 139 Å². The molecule has 0 atom stereocenters. The van der Waals surface area contributed by atoms with E-state index in [0.717, 1.165) is 18.8 Å². The van der Waals surface area contributed by atoms with E-state index in [4.69, 9.17) is 4.74 Å². The van der Waals surface area contributed by atoms with Crippen LogP contribution in [0.25, 0.3) is 0 Å². The summed E-state index contributed by atoms with van der Waals surface area (Å²) in [6.45, 7) is 9.43. The second kappa shape index (κ2) is 7.62. The topological polar surface area (TPSA) is 18.1 Å². The first-order valence-corrected chi connectivity index (χ1v) is 8.58. The van der Waals surface area contributed by atoms with Gasteiger partial charge in [0, 0.05) is 11.1 Å². The highest BCUT2D eigenvalue weighted by molar-refractivity contribution is 5.27. The minimum Gasteiger partial charge on any atom is -0.497 e. The monoisotopic (exact) mass is 312 g/mol. The molecule has 1 aliphatic heterocycles. The van der Waals surface area contributed by atoms with E-state index in [2.05, 4.69) is 49.4 Å². The molecule has 0 aliphatic carbocycles. The summed E-state index contributed by atoms with van der Waals surface area (Å²) in [5.41, 5.74) is 4.18. The zero-order valence-electron chi connectivity index (χ0n) is 14.3. The molecule has 0 saturated carbocycles. The van der Waals surface area contributed by atoms with Crippen LogP contribution in [0.5, 0.6) is 5.75 Å². The third-order valence-electron chi connectivity index (χ3n) is 4.83. The fourth-order valence-corrected chi connectivity index (χ4v) is 3.38. The molecule has 122 valence electrons. The number of rotatable bonds is 5. The average Bonchev–Trinajstić information content (AvgIpc) is 2.59. The lowest BCUT2D eigenvalue weighted by Crippen LogP contribution is -3.27. The van der Waals surface area contributed by atoms with Crippen LogP contribution in [0.15, 0.2) is 48.5 Å². The van der Waals surface area contributed by atoms with Gasteiger partial charge in [0.05, 0.1) is 7.11 Å². The Morgan fingerprint density at radius 3 is 2.04 bits per heavy atom. The van der Waals surface area contributed by atoms with Gasteiger partial charge in [-0.15, -0.1) is 0 Å². The smallest absolute Gasteiger partial charge is 0.127 e. The Kier molecular flexibility index (Phi) is 5.31. The highest BCUT2D eigenvalue weighted by Gasteiger charge is 2.23. The van der Waals surface area contributed by atoms with Crippen molar-refractivity contribution in [2.24, 2.45) is 0 Å². The predicted octanol–water partition coefficient (Wildman–Crippen LogP) is 0.487. The van der Waals surface area contributed by atoms with Crippen molar-refractivity contribution in [1.29, 1.82) is 0 Å². The van der Waals surface area contributed by atoms with Gasteiger partial charge >= 0.3 is 0 Å². The molecule has 0 aromatic heterocycles. The van der Waals surface area contributed by atoms with E-state index in [9.17, 15) is 0 Å². The highest BCUT2D eigenvalue weighted by Crippen LogP contribution is 2.11. The number of piperazine rings is 1. The van der Waals surface area contributed by atoms with Crippen LogP contribution in [-0.2, 0) is 13.1 Å². The van der Waals surface area contributed by atoms with Crippen LogP contribution < -0.4 is 14.5 Å². The average molecular weight is 312 g/mol. The summed E-state index contributed by atoms with van der Waals surface area (Å²) in [4.78, 5) is 3.40. The molecule has 2 N–H and O–H groups in total. The molecule has 1 heterocycles. The van der Waals surface area contributed by atoms with Gasteiger partial charge < -0.3 is 14.5 Å². The minimum absolute atomic E-state index is 0.963. The van der Waals surface area contributed by atoms with Gasteiger partial charge in [-0.2, -0.15) is 0 Å². The number of hydrogen-bond acceptors (Lipinski definition) is 1. The molecular weight excluding hydrogens is 284 g/mol. The fourth-order valence-electron chi connectivity index (χ4n) is 3.38. The van der Waals surface area contributed by atoms with Gasteiger partial charge in [-0.05, 0) is 19.1 Å². The summed E-state index contributed by atoms with van der Waals surface area (Å²) >= 11 is 0. The molecule has 0 radical (unpaired) electrons. The van der Waals surface area contributed by atoms with Crippen molar-refractivity contribution in [3.8, 4) is 5.75 Å². The maximum atomic E-state index is 5.32. The molecule has 1 fully saturated rings.